The summed E-state index contributed by atoms with van der Waals surface area (Å²) < 4.78 is 0. The summed E-state index contributed by atoms with van der Waals surface area (Å²) >= 11 is 0. The number of carbonyl (C=O) groups excluding carboxylic acids is 2. The number of fused-ring (bicyclic) bond motifs is 2. The van der Waals surface area contributed by atoms with Crippen molar-refractivity contribution in [1.82, 2.24) is 10.3 Å². The summed E-state index contributed by atoms with van der Waals surface area (Å²) in [5, 5.41) is 5.35. The Bertz CT molecular complexity index is 795. The number of hydrogen-bond donors (Lipinski definition) is 2. The lowest BCUT2D eigenvalue weighted by atomic mass is 10.1. The molecule has 3 amide bonds. The first-order chi connectivity index (χ1) is 10.7. The maximum absolute atomic E-state index is 12.5. The fraction of sp³-hybridized carbons (Fsp3) is 0.0625. The number of terminal acetylenes is 1. The van der Waals surface area contributed by atoms with E-state index in [1.807, 2.05) is 0 Å². The molecule has 1 aliphatic rings. The molecule has 2 N–H and O–H groups in total. The van der Waals surface area contributed by atoms with E-state index in [1.165, 1.54) is 4.90 Å². The van der Waals surface area contributed by atoms with Gasteiger partial charge in [-0.25, -0.2) is 14.7 Å². The van der Waals surface area contributed by atoms with Crippen LogP contribution in [-0.2, 0) is 0 Å². The van der Waals surface area contributed by atoms with Crippen molar-refractivity contribution < 1.29 is 9.59 Å². The monoisotopic (exact) mass is 292 g/mol. The van der Waals surface area contributed by atoms with Gasteiger partial charge in [0, 0.05) is 6.20 Å². The lowest BCUT2D eigenvalue weighted by Crippen LogP contribution is -2.37. The quantitative estimate of drug-likeness (QED) is 0.791. The SMILES string of the molecule is C#CCNC(=O)N1c2ccccc2C(=O)Nc2cccnc21. The Balaban J connectivity index is 2.18. The third-order valence-corrected chi connectivity index (χ3v) is 3.18. The Hall–Kier alpha value is -3.33. The van der Waals surface area contributed by atoms with Crippen molar-refractivity contribution in [3.63, 3.8) is 0 Å². The van der Waals surface area contributed by atoms with Gasteiger partial charge in [0.1, 0.15) is 0 Å². The van der Waals surface area contributed by atoms with Crippen LogP contribution in [0.1, 0.15) is 10.4 Å². The minimum absolute atomic E-state index is 0.0844. The Kier molecular flexibility index (Phi) is 3.46. The van der Waals surface area contributed by atoms with Crippen LogP contribution >= 0.6 is 0 Å². The van der Waals surface area contributed by atoms with Gasteiger partial charge < -0.3 is 10.6 Å². The second-order valence-electron chi connectivity index (χ2n) is 4.54. The fourth-order valence-electron chi connectivity index (χ4n) is 2.25. The van der Waals surface area contributed by atoms with E-state index in [0.29, 0.717) is 22.8 Å². The van der Waals surface area contributed by atoms with Crippen molar-refractivity contribution >= 4 is 29.1 Å². The molecule has 0 atom stereocenters. The number of amides is 3. The third kappa shape index (κ3) is 2.25. The third-order valence-electron chi connectivity index (χ3n) is 3.18. The van der Waals surface area contributed by atoms with Gasteiger partial charge in [0.2, 0.25) is 0 Å². The van der Waals surface area contributed by atoms with Crippen molar-refractivity contribution in [2.45, 2.75) is 0 Å². The van der Waals surface area contributed by atoms with E-state index in [4.69, 9.17) is 6.42 Å². The highest BCUT2D eigenvalue weighted by Gasteiger charge is 2.29. The number of nitrogens with zero attached hydrogens (tertiary/aromatic N) is 2. The minimum atomic E-state index is -0.443. The Morgan fingerprint density at radius 2 is 2.14 bits per heavy atom. The molecule has 0 radical (unpaired) electrons. The number of para-hydroxylation sites is 1. The first-order valence-corrected chi connectivity index (χ1v) is 6.59. The minimum Gasteiger partial charge on any atom is -0.326 e. The number of anilines is 3. The largest absolute Gasteiger partial charge is 0.328 e. The molecule has 1 aromatic heterocycles. The summed E-state index contributed by atoms with van der Waals surface area (Å²) in [6.45, 7) is 0.0844. The summed E-state index contributed by atoms with van der Waals surface area (Å²) in [5.41, 5.74) is 1.29. The molecule has 0 bridgehead atoms. The molecule has 6 heteroatoms. The van der Waals surface area contributed by atoms with Crippen LogP contribution in [0, 0.1) is 12.3 Å². The van der Waals surface area contributed by atoms with Crippen molar-refractivity contribution in [1.29, 1.82) is 0 Å². The number of rotatable bonds is 1. The van der Waals surface area contributed by atoms with E-state index in [2.05, 4.69) is 21.5 Å². The lowest BCUT2D eigenvalue weighted by molar-refractivity contribution is 0.102. The van der Waals surface area contributed by atoms with Crippen LogP contribution in [0.2, 0.25) is 0 Å². The molecule has 108 valence electrons. The maximum atomic E-state index is 12.5. The highest BCUT2D eigenvalue weighted by Crippen LogP contribution is 2.35. The van der Waals surface area contributed by atoms with Crippen molar-refractivity contribution in [3.8, 4) is 12.3 Å². The molecule has 22 heavy (non-hydrogen) atoms. The second kappa shape index (κ2) is 5.58. The number of carbonyl (C=O) groups is 2. The fourth-order valence-corrected chi connectivity index (χ4v) is 2.25. The van der Waals surface area contributed by atoms with Gasteiger partial charge in [0.25, 0.3) is 5.91 Å². The second-order valence-corrected chi connectivity index (χ2v) is 4.54. The highest BCUT2D eigenvalue weighted by atomic mass is 16.2. The molecule has 0 unspecified atom stereocenters. The summed E-state index contributed by atoms with van der Waals surface area (Å²) in [4.78, 5) is 30.4. The Labute approximate surface area is 127 Å². The van der Waals surface area contributed by atoms with Gasteiger partial charge in [-0.15, -0.1) is 6.42 Å². The van der Waals surface area contributed by atoms with Crippen LogP contribution in [0.5, 0.6) is 0 Å². The zero-order valence-electron chi connectivity index (χ0n) is 11.5. The zero-order chi connectivity index (χ0) is 15.5. The first-order valence-electron chi connectivity index (χ1n) is 6.59. The molecule has 6 nitrogen and oxygen atoms in total. The maximum Gasteiger partial charge on any atom is 0.328 e. The van der Waals surface area contributed by atoms with Gasteiger partial charge in [0.15, 0.2) is 5.82 Å². The van der Waals surface area contributed by atoms with Gasteiger partial charge in [-0.05, 0) is 24.3 Å². The standard InChI is InChI=1S/C16H12N4O2/c1-2-9-18-16(22)20-13-8-4-3-6-11(13)15(21)19-12-7-5-10-17-14(12)20/h1,3-8,10H,9H2,(H,18,22)(H,19,21). The van der Waals surface area contributed by atoms with Crippen molar-refractivity contribution in [2.75, 3.05) is 16.8 Å². The number of urea groups is 1. The van der Waals surface area contributed by atoms with E-state index < -0.39 is 6.03 Å². The zero-order valence-corrected chi connectivity index (χ0v) is 11.5. The predicted octanol–water partition coefficient (Wildman–Crippen LogP) is 2.13. The van der Waals surface area contributed by atoms with E-state index in [1.54, 1.807) is 42.6 Å². The lowest BCUT2D eigenvalue weighted by Gasteiger charge is -2.22. The highest BCUT2D eigenvalue weighted by molar-refractivity contribution is 6.16. The molecule has 0 aliphatic carbocycles. The average molecular weight is 292 g/mol. The van der Waals surface area contributed by atoms with Crippen molar-refractivity contribution in [3.05, 3.63) is 48.2 Å². The van der Waals surface area contributed by atoms with Crippen LogP contribution < -0.4 is 15.5 Å². The molecule has 0 spiro atoms. The molecule has 0 saturated carbocycles. The predicted molar refractivity (Wildman–Crippen MR) is 83.0 cm³/mol. The van der Waals surface area contributed by atoms with Crippen molar-refractivity contribution in [2.24, 2.45) is 0 Å². The van der Waals surface area contributed by atoms with E-state index in [-0.39, 0.29) is 12.5 Å². The average Bonchev–Trinajstić information content (AvgIpc) is 2.67. The van der Waals surface area contributed by atoms with E-state index in [0.717, 1.165) is 0 Å². The molecule has 1 aliphatic heterocycles. The van der Waals surface area contributed by atoms with E-state index >= 15 is 0 Å². The molecule has 0 fully saturated rings. The summed E-state index contributed by atoms with van der Waals surface area (Å²) in [6, 6.07) is 9.76. The smallest absolute Gasteiger partial charge is 0.326 e. The van der Waals surface area contributed by atoms with Gasteiger partial charge in [-0.2, -0.15) is 0 Å². The van der Waals surface area contributed by atoms with Crippen LogP contribution in [-0.4, -0.2) is 23.5 Å². The van der Waals surface area contributed by atoms with Crippen LogP contribution in [0.25, 0.3) is 0 Å². The van der Waals surface area contributed by atoms with Gasteiger partial charge >= 0.3 is 6.03 Å². The molecule has 1 aromatic carbocycles. The molecular formula is C16H12N4O2. The molecule has 2 heterocycles. The number of aromatic nitrogens is 1. The summed E-state index contributed by atoms with van der Waals surface area (Å²) in [7, 11) is 0. The molecular weight excluding hydrogens is 280 g/mol. The number of pyridine rings is 1. The van der Waals surface area contributed by atoms with Crippen LogP contribution in [0.15, 0.2) is 42.6 Å². The van der Waals surface area contributed by atoms with Crippen LogP contribution in [0.4, 0.5) is 22.0 Å². The van der Waals surface area contributed by atoms with E-state index in [9.17, 15) is 9.59 Å². The van der Waals surface area contributed by atoms with Crippen LogP contribution in [0.3, 0.4) is 0 Å². The van der Waals surface area contributed by atoms with Gasteiger partial charge in [-0.1, -0.05) is 18.1 Å². The molecule has 2 aromatic rings. The molecule has 3 rings (SSSR count). The number of benzene rings is 1. The Morgan fingerprint density at radius 1 is 1.32 bits per heavy atom. The first kappa shape index (κ1) is 13.6. The normalized spacial score (nSPS) is 12.3. The summed E-state index contributed by atoms with van der Waals surface area (Å²) in [5.74, 6) is 2.40. The summed E-state index contributed by atoms with van der Waals surface area (Å²) in [6.07, 6.45) is 6.74. The number of nitrogens with one attached hydrogen (secondary N) is 2. The molecule has 0 saturated heterocycles. The van der Waals surface area contributed by atoms with Gasteiger partial charge in [0.05, 0.1) is 23.5 Å². The Morgan fingerprint density at radius 3 is 2.95 bits per heavy atom. The number of hydrogen-bond acceptors (Lipinski definition) is 3. The topological polar surface area (TPSA) is 74.3 Å². The van der Waals surface area contributed by atoms with Gasteiger partial charge in [-0.3, -0.25) is 4.79 Å².